The molecule has 0 aliphatic heterocycles. The topological polar surface area (TPSA) is 96.3 Å². The van der Waals surface area contributed by atoms with Crippen molar-refractivity contribution < 1.29 is 19.1 Å². The quantitative estimate of drug-likeness (QED) is 0.481. The van der Waals surface area contributed by atoms with E-state index >= 15 is 0 Å². The van der Waals surface area contributed by atoms with E-state index in [1.54, 1.807) is 54.6 Å². The molecule has 0 radical (unpaired) electrons. The Morgan fingerprint density at radius 1 is 0.903 bits per heavy atom. The van der Waals surface area contributed by atoms with E-state index in [0.29, 0.717) is 16.8 Å². The lowest BCUT2D eigenvalue weighted by Gasteiger charge is -2.15. The summed E-state index contributed by atoms with van der Waals surface area (Å²) in [6.07, 6.45) is -1.14. The highest BCUT2D eigenvalue weighted by Crippen LogP contribution is 2.18. The summed E-state index contributed by atoms with van der Waals surface area (Å²) < 4.78 is 5.30. The maximum atomic E-state index is 12.9. The van der Waals surface area contributed by atoms with Gasteiger partial charge in [-0.15, -0.1) is 0 Å². The zero-order valence-electron chi connectivity index (χ0n) is 17.1. The minimum absolute atomic E-state index is 0.0742. The van der Waals surface area contributed by atoms with Crippen LogP contribution in [-0.2, 0) is 9.53 Å². The van der Waals surface area contributed by atoms with Crippen LogP contribution in [-0.4, -0.2) is 23.8 Å². The third-order valence-electron chi connectivity index (χ3n) is 4.66. The largest absolute Gasteiger partial charge is 0.449 e. The van der Waals surface area contributed by atoms with Gasteiger partial charge < -0.3 is 10.1 Å². The van der Waals surface area contributed by atoms with E-state index in [-0.39, 0.29) is 16.9 Å². The lowest BCUT2D eigenvalue weighted by atomic mass is 9.98. The molecule has 0 unspecified atom stereocenters. The van der Waals surface area contributed by atoms with E-state index in [4.69, 9.17) is 10.00 Å². The Balaban J connectivity index is 1.76. The molecule has 1 amide bonds. The number of ether oxygens (including phenoxy) is 1. The van der Waals surface area contributed by atoms with Gasteiger partial charge in [0, 0.05) is 11.1 Å². The van der Waals surface area contributed by atoms with Crippen LogP contribution in [0.15, 0.2) is 72.8 Å². The van der Waals surface area contributed by atoms with Crippen LogP contribution in [0.25, 0.3) is 0 Å². The third kappa shape index (κ3) is 5.03. The Morgan fingerprint density at radius 3 is 2.19 bits per heavy atom. The third-order valence-corrected chi connectivity index (χ3v) is 4.66. The van der Waals surface area contributed by atoms with Crippen LogP contribution in [0.4, 0.5) is 5.69 Å². The highest BCUT2D eigenvalue weighted by Gasteiger charge is 2.24. The summed E-state index contributed by atoms with van der Waals surface area (Å²) in [5.74, 6) is -1.68. The van der Waals surface area contributed by atoms with E-state index in [1.165, 1.54) is 13.0 Å². The van der Waals surface area contributed by atoms with Gasteiger partial charge in [0.25, 0.3) is 5.91 Å². The van der Waals surface area contributed by atoms with E-state index in [2.05, 4.69) is 5.32 Å². The average Bonchev–Trinajstić information content (AvgIpc) is 2.79. The zero-order chi connectivity index (χ0) is 22.4. The van der Waals surface area contributed by atoms with Gasteiger partial charge in [-0.05, 0) is 32.0 Å². The molecule has 0 fully saturated rings. The van der Waals surface area contributed by atoms with Crippen molar-refractivity contribution in [1.82, 2.24) is 0 Å². The molecule has 31 heavy (non-hydrogen) atoms. The molecule has 0 saturated carbocycles. The van der Waals surface area contributed by atoms with E-state index in [9.17, 15) is 14.4 Å². The molecular weight excluding hydrogens is 392 g/mol. The number of hydrogen-bond acceptors (Lipinski definition) is 5. The number of nitrogens with zero attached hydrogens (tertiary/aromatic N) is 1. The van der Waals surface area contributed by atoms with Gasteiger partial charge in [0.2, 0.25) is 0 Å². The predicted molar refractivity (Wildman–Crippen MR) is 116 cm³/mol. The first kappa shape index (κ1) is 21.5. The maximum Gasteiger partial charge on any atom is 0.339 e. The first-order valence-corrected chi connectivity index (χ1v) is 9.62. The molecule has 1 atom stereocenters. The van der Waals surface area contributed by atoms with Crippen molar-refractivity contribution in [3.05, 3.63) is 101 Å². The van der Waals surface area contributed by atoms with E-state index < -0.39 is 18.0 Å². The molecule has 0 aliphatic carbocycles. The lowest BCUT2D eigenvalue weighted by Crippen LogP contribution is -2.30. The fourth-order valence-corrected chi connectivity index (χ4v) is 2.92. The van der Waals surface area contributed by atoms with Crippen molar-refractivity contribution in [2.24, 2.45) is 0 Å². The molecule has 0 aromatic heterocycles. The molecule has 1 N–H and O–H groups in total. The second kappa shape index (κ2) is 9.51. The Labute approximate surface area is 180 Å². The first-order chi connectivity index (χ1) is 14.9. The molecule has 3 aromatic carbocycles. The number of ketones is 1. The molecule has 0 spiro atoms. The normalized spacial score (nSPS) is 11.1. The summed E-state index contributed by atoms with van der Waals surface area (Å²) in [5.41, 5.74) is 2.35. The minimum Gasteiger partial charge on any atom is -0.449 e. The Morgan fingerprint density at radius 2 is 1.52 bits per heavy atom. The number of amides is 1. The molecule has 6 nitrogen and oxygen atoms in total. The number of rotatable bonds is 6. The van der Waals surface area contributed by atoms with Gasteiger partial charge in [0.15, 0.2) is 11.9 Å². The fraction of sp³-hybridized carbons (Fsp3) is 0.120. The molecule has 0 aliphatic rings. The van der Waals surface area contributed by atoms with Crippen molar-refractivity contribution >= 4 is 23.3 Å². The van der Waals surface area contributed by atoms with Crippen molar-refractivity contribution in [2.45, 2.75) is 20.0 Å². The molecule has 3 aromatic rings. The number of carbonyl (C=O) groups is 3. The smallest absolute Gasteiger partial charge is 0.339 e. The summed E-state index contributed by atoms with van der Waals surface area (Å²) in [5, 5.41) is 11.7. The second-order valence-corrected chi connectivity index (χ2v) is 6.93. The number of esters is 1. The summed E-state index contributed by atoms with van der Waals surface area (Å²) in [6, 6.07) is 21.8. The van der Waals surface area contributed by atoms with E-state index in [1.807, 2.05) is 25.1 Å². The van der Waals surface area contributed by atoms with Crippen LogP contribution < -0.4 is 5.32 Å². The molecule has 0 bridgehead atoms. The Kier molecular flexibility index (Phi) is 6.58. The summed E-state index contributed by atoms with van der Waals surface area (Å²) in [6.45, 7) is 3.34. The highest BCUT2D eigenvalue weighted by molar-refractivity contribution is 6.14. The van der Waals surface area contributed by atoms with Crippen molar-refractivity contribution in [3.63, 3.8) is 0 Å². The molecule has 154 valence electrons. The number of benzene rings is 3. The van der Waals surface area contributed by atoms with Crippen LogP contribution in [0.5, 0.6) is 0 Å². The maximum absolute atomic E-state index is 12.9. The second-order valence-electron chi connectivity index (χ2n) is 6.93. The fourth-order valence-electron chi connectivity index (χ4n) is 2.92. The van der Waals surface area contributed by atoms with Gasteiger partial charge in [-0.25, -0.2) is 4.79 Å². The number of hydrogen-bond donors (Lipinski definition) is 1. The van der Waals surface area contributed by atoms with Crippen molar-refractivity contribution in [2.75, 3.05) is 5.32 Å². The van der Waals surface area contributed by atoms with Crippen LogP contribution in [0.1, 0.15) is 44.3 Å². The van der Waals surface area contributed by atoms with Gasteiger partial charge in [-0.2, -0.15) is 5.26 Å². The monoisotopic (exact) mass is 412 g/mol. The minimum atomic E-state index is -1.14. The van der Waals surface area contributed by atoms with Crippen LogP contribution >= 0.6 is 0 Å². The van der Waals surface area contributed by atoms with Crippen LogP contribution in [0.3, 0.4) is 0 Å². The van der Waals surface area contributed by atoms with Crippen molar-refractivity contribution in [1.29, 1.82) is 5.26 Å². The van der Waals surface area contributed by atoms with Crippen LogP contribution in [0, 0.1) is 18.3 Å². The highest BCUT2D eigenvalue weighted by atomic mass is 16.5. The predicted octanol–water partition coefficient (Wildman–Crippen LogP) is 4.28. The zero-order valence-corrected chi connectivity index (χ0v) is 17.1. The molecule has 3 rings (SSSR count). The van der Waals surface area contributed by atoms with Gasteiger partial charge >= 0.3 is 5.97 Å². The number of anilines is 1. The first-order valence-electron chi connectivity index (χ1n) is 9.62. The standard InChI is InChI=1S/C25H20N2O4/c1-16-11-13-18(14-12-16)23(28)20-8-4-5-9-21(20)25(30)31-17(2)24(29)27-22-10-6-3-7-19(22)15-26/h3-14,17H,1-2H3,(H,27,29)/t17-/m1/s1. The number of para-hydroxylation sites is 1. The van der Waals surface area contributed by atoms with Gasteiger partial charge in [-0.1, -0.05) is 60.2 Å². The number of nitrogens with one attached hydrogen (secondary N) is 1. The Hall–Kier alpha value is -4.24. The SMILES string of the molecule is Cc1ccc(C(=O)c2ccccc2C(=O)O[C@H](C)C(=O)Nc2ccccc2C#N)cc1. The van der Waals surface area contributed by atoms with E-state index in [0.717, 1.165) is 5.56 Å². The molecule has 0 saturated heterocycles. The van der Waals surface area contributed by atoms with Gasteiger partial charge in [-0.3, -0.25) is 9.59 Å². The van der Waals surface area contributed by atoms with Gasteiger partial charge in [0.05, 0.1) is 16.8 Å². The lowest BCUT2D eigenvalue weighted by molar-refractivity contribution is -0.123. The Bertz CT molecular complexity index is 1180. The molecular formula is C25H20N2O4. The molecule has 0 heterocycles. The average molecular weight is 412 g/mol. The summed E-state index contributed by atoms with van der Waals surface area (Å²) in [4.78, 5) is 38.1. The van der Waals surface area contributed by atoms with Crippen LogP contribution in [0.2, 0.25) is 0 Å². The number of aryl methyl sites for hydroxylation is 1. The summed E-state index contributed by atoms with van der Waals surface area (Å²) in [7, 11) is 0. The molecule has 6 heteroatoms. The number of nitriles is 1. The van der Waals surface area contributed by atoms with Gasteiger partial charge in [0.1, 0.15) is 6.07 Å². The summed E-state index contributed by atoms with van der Waals surface area (Å²) >= 11 is 0. The number of carbonyl (C=O) groups excluding carboxylic acids is 3. The van der Waals surface area contributed by atoms with Crippen molar-refractivity contribution in [3.8, 4) is 6.07 Å².